The fourth-order valence-corrected chi connectivity index (χ4v) is 2.34. The molecule has 1 saturated heterocycles. The van der Waals surface area contributed by atoms with Gasteiger partial charge in [-0.2, -0.15) is 0 Å². The van der Waals surface area contributed by atoms with Crippen LogP contribution in [0.5, 0.6) is 5.75 Å². The fourth-order valence-electron chi connectivity index (χ4n) is 2.00. The maximum atomic E-state index is 10.6. The molecule has 0 amide bonds. The number of phenols is 1. The predicted molar refractivity (Wildman–Crippen MR) is 65.7 cm³/mol. The van der Waals surface area contributed by atoms with Gasteiger partial charge in [-0.1, -0.05) is 12.1 Å². The molecule has 0 unspecified atom stereocenters. The lowest BCUT2D eigenvalue weighted by Crippen LogP contribution is -2.33. The van der Waals surface area contributed by atoms with Crippen molar-refractivity contribution in [2.45, 2.75) is 24.4 Å². The van der Waals surface area contributed by atoms with Gasteiger partial charge in [-0.05, 0) is 17.7 Å². The van der Waals surface area contributed by atoms with E-state index in [-0.39, 0.29) is 5.75 Å². The molecule has 0 aliphatic carbocycles. The highest BCUT2D eigenvalue weighted by Crippen LogP contribution is 2.39. The summed E-state index contributed by atoms with van der Waals surface area (Å²) in [5.74, 6) is 0.0446. The monoisotopic (exact) mass is 306 g/mol. The van der Waals surface area contributed by atoms with Crippen molar-refractivity contribution in [1.82, 2.24) is 0 Å². The number of rotatable bonds is 4. The Labute approximate surface area is 114 Å². The van der Waals surface area contributed by atoms with Crippen LogP contribution in [0.3, 0.4) is 0 Å². The molecule has 5 N–H and O–H groups in total. The topological polar surface area (TPSA) is 137 Å². The number of aliphatic hydroxyl groups excluding tert-OH is 2. The Morgan fingerprint density at radius 2 is 1.75 bits per heavy atom. The summed E-state index contributed by atoms with van der Waals surface area (Å²) in [6.45, 7) is -0.545. The maximum Gasteiger partial charge on any atom is 0.469 e. The van der Waals surface area contributed by atoms with Crippen LogP contribution >= 0.6 is 7.82 Å². The quantitative estimate of drug-likeness (QED) is 0.477. The summed E-state index contributed by atoms with van der Waals surface area (Å²) in [5.41, 5.74) is 0.521. The molecule has 0 spiro atoms. The average molecular weight is 306 g/mol. The second-order valence-corrected chi connectivity index (χ2v) is 5.69. The van der Waals surface area contributed by atoms with Crippen LogP contribution in [-0.2, 0) is 13.8 Å². The molecule has 20 heavy (non-hydrogen) atoms. The molecule has 2 rings (SSSR count). The van der Waals surface area contributed by atoms with Gasteiger partial charge in [0.05, 0.1) is 6.61 Å². The molecule has 8 nitrogen and oxygen atoms in total. The summed E-state index contributed by atoms with van der Waals surface area (Å²) >= 11 is 0. The van der Waals surface area contributed by atoms with E-state index in [0.717, 1.165) is 0 Å². The third-order valence-corrected chi connectivity index (χ3v) is 3.48. The van der Waals surface area contributed by atoms with Gasteiger partial charge >= 0.3 is 7.82 Å². The van der Waals surface area contributed by atoms with E-state index < -0.39 is 38.8 Å². The molecule has 0 aromatic heterocycles. The van der Waals surface area contributed by atoms with E-state index in [0.29, 0.717) is 5.56 Å². The highest BCUT2D eigenvalue weighted by Gasteiger charge is 2.44. The number of ether oxygens (including phenoxy) is 1. The molecular weight excluding hydrogens is 291 g/mol. The normalized spacial score (nSPS) is 30.6. The van der Waals surface area contributed by atoms with Crippen molar-refractivity contribution in [3.05, 3.63) is 29.8 Å². The Morgan fingerprint density at radius 3 is 2.30 bits per heavy atom. The molecule has 112 valence electrons. The molecule has 0 bridgehead atoms. The number of aliphatic hydroxyl groups is 2. The molecule has 1 aliphatic heterocycles. The van der Waals surface area contributed by atoms with Gasteiger partial charge in [-0.3, -0.25) is 4.52 Å². The third kappa shape index (κ3) is 3.56. The molecule has 1 aromatic carbocycles. The van der Waals surface area contributed by atoms with Gasteiger partial charge in [0.1, 0.15) is 30.2 Å². The minimum Gasteiger partial charge on any atom is -0.508 e. The smallest absolute Gasteiger partial charge is 0.469 e. The van der Waals surface area contributed by atoms with E-state index in [4.69, 9.17) is 14.5 Å². The van der Waals surface area contributed by atoms with Gasteiger partial charge in [0.25, 0.3) is 0 Å². The maximum absolute atomic E-state index is 10.6. The van der Waals surface area contributed by atoms with E-state index in [1.54, 1.807) is 0 Å². The number of benzene rings is 1. The van der Waals surface area contributed by atoms with E-state index in [1.165, 1.54) is 24.3 Å². The number of hydrogen-bond donors (Lipinski definition) is 5. The van der Waals surface area contributed by atoms with Crippen molar-refractivity contribution in [2.24, 2.45) is 0 Å². The molecular formula is C11H15O8P. The van der Waals surface area contributed by atoms with E-state index >= 15 is 0 Å². The van der Waals surface area contributed by atoms with E-state index in [9.17, 15) is 19.9 Å². The summed E-state index contributed by atoms with van der Waals surface area (Å²) in [6.07, 6.45) is -4.52. The van der Waals surface area contributed by atoms with Crippen LogP contribution in [0, 0.1) is 0 Å². The third-order valence-electron chi connectivity index (χ3n) is 2.99. The summed E-state index contributed by atoms with van der Waals surface area (Å²) in [7, 11) is -4.67. The SMILES string of the molecule is O=P(O)(O)OC[C@H]1O[C@@H](c2ccc(O)cc2)[C@H](O)[C@@H]1O. The second-order valence-electron chi connectivity index (χ2n) is 4.45. The van der Waals surface area contributed by atoms with Crippen molar-refractivity contribution >= 4 is 7.82 Å². The van der Waals surface area contributed by atoms with Crippen LogP contribution in [0.4, 0.5) is 0 Å². The fraction of sp³-hybridized carbons (Fsp3) is 0.455. The van der Waals surface area contributed by atoms with E-state index in [1.807, 2.05) is 0 Å². The average Bonchev–Trinajstić information content (AvgIpc) is 2.64. The summed E-state index contributed by atoms with van der Waals surface area (Å²) < 4.78 is 20.2. The van der Waals surface area contributed by atoms with Crippen LogP contribution in [-0.4, -0.2) is 50.0 Å². The van der Waals surface area contributed by atoms with Gasteiger partial charge in [0.15, 0.2) is 0 Å². The number of hydrogen-bond acceptors (Lipinski definition) is 6. The molecule has 1 fully saturated rings. The Bertz CT molecular complexity index is 498. The van der Waals surface area contributed by atoms with Crippen LogP contribution in [0.25, 0.3) is 0 Å². The van der Waals surface area contributed by atoms with Crippen molar-refractivity contribution in [1.29, 1.82) is 0 Å². The van der Waals surface area contributed by atoms with Crippen LogP contribution in [0.15, 0.2) is 24.3 Å². The Hall–Kier alpha value is -0.990. The Morgan fingerprint density at radius 1 is 1.15 bits per heavy atom. The van der Waals surface area contributed by atoms with Gasteiger partial charge in [0, 0.05) is 0 Å². The number of aromatic hydroxyl groups is 1. The van der Waals surface area contributed by atoms with Crippen LogP contribution in [0.1, 0.15) is 11.7 Å². The first kappa shape index (κ1) is 15.4. The van der Waals surface area contributed by atoms with Crippen molar-refractivity contribution in [2.75, 3.05) is 6.61 Å². The van der Waals surface area contributed by atoms with Crippen molar-refractivity contribution < 1.29 is 38.9 Å². The molecule has 1 aliphatic rings. The van der Waals surface area contributed by atoms with Gasteiger partial charge < -0.3 is 29.8 Å². The zero-order valence-corrected chi connectivity index (χ0v) is 11.1. The number of phosphoric acid groups is 1. The van der Waals surface area contributed by atoms with Gasteiger partial charge in [-0.25, -0.2) is 4.57 Å². The number of phosphoric ester groups is 1. The van der Waals surface area contributed by atoms with Crippen molar-refractivity contribution in [3.63, 3.8) is 0 Å². The van der Waals surface area contributed by atoms with Crippen molar-refractivity contribution in [3.8, 4) is 5.75 Å². The summed E-state index contributed by atoms with van der Waals surface area (Å²) in [4.78, 5) is 17.2. The molecule has 0 radical (unpaired) electrons. The first-order valence-electron chi connectivity index (χ1n) is 5.78. The molecule has 9 heteroatoms. The lowest BCUT2D eigenvalue weighted by molar-refractivity contribution is -0.0223. The first-order valence-corrected chi connectivity index (χ1v) is 7.31. The molecule has 1 heterocycles. The highest BCUT2D eigenvalue weighted by atomic mass is 31.2. The molecule has 1 aromatic rings. The van der Waals surface area contributed by atoms with Crippen LogP contribution < -0.4 is 0 Å². The molecule has 0 saturated carbocycles. The predicted octanol–water partition coefficient (Wildman–Crippen LogP) is -0.337. The zero-order valence-electron chi connectivity index (χ0n) is 10.2. The Kier molecular flexibility index (Phi) is 4.46. The minimum atomic E-state index is -4.67. The molecule has 4 atom stereocenters. The zero-order chi connectivity index (χ0) is 14.9. The lowest BCUT2D eigenvalue weighted by atomic mass is 10.0. The van der Waals surface area contributed by atoms with Gasteiger partial charge in [0.2, 0.25) is 0 Å². The first-order chi connectivity index (χ1) is 9.28. The van der Waals surface area contributed by atoms with Gasteiger partial charge in [-0.15, -0.1) is 0 Å². The second kappa shape index (κ2) is 5.79. The minimum absolute atomic E-state index is 0.0446. The highest BCUT2D eigenvalue weighted by molar-refractivity contribution is 7.46. The lowest BCUT2D eigenvalue weighted by Gasteiger charge is -2.15. The summed E-state index contributed by atoms with van der Waals surface area (Å²) in [5, 5.41) is 28.9. The summed E-state index contributed by atoms with van der Waals surface area (Å²) in [6, 6.07) is 5.83. The Balaban J connectivity index is 2.06. The standard InChI is InChI=1S/C11H15O8P/c12-7-3-1-6(2-4-7)11-10(14)9(13)8(19-11)5-18-20(15,16)17/h1-4,8-14H,5H2,(H2,15,16,17)/t8-,9-,10-,11+/m1/s1. The van der Waals surface area contributed by atoms with E-state index in [2.05, 4.69) is 4.52 Å². The number of phenolic OH excluding ortho intramolecular Hbond substituents is 1. The van der Waals surface area contributed by atoms with Crippen LogP contribution in [0.2, 0.25) is 0 Å². The largest absolute Gasteiger partial charge is 0.508 e.